The van der Waals surface area contributed by atoms with E-state index in [1.54, 1.807) is 0 Å². The molecule has 1 fully saturated rings. The van der Waals surface area contributed by atoms with Crippen LogP contribution in [0.3, 0.4) is 0 Å². The normalized spacial score (nSPS) is 13.8. The van der Waals surface area contributed by atoms with Crippen molar-refractivity contribution in [1.29, 1.82) is 0 Å². The highest BCUT2D eigenvalue weighted by Gasteiger charge is 2.18. The monoisotopic (exact) mass is 368 g/mol. The standard InChI is InChI=1S/C21H18F2N2O2/c22-16-4-3-5-17(23)20(16)18-10-11-19(27-18)21(26)24-14-6-8-15(9-7-14)25-12-1-2-13-25/h3-11H,1-2,12-13H2,(H,24,26). The Bertz CT molecular complexity index is 940. The van der Waals surface area contributed by atoms with Gasteiger partial charge < -0.3 is 14.6 Å². The van der Waals surface area contributed by atoms with Crippen LogP contribution in [-0.2, 0) is 0 Å². The summed E-state index contributed by atoms with van der Waals surface area (Å²) in [5.41, 5.74) is 1.46. The molecule has 27 heavy (non-hydrogen) atoms. The third-order valence-corrected chi connectivity index (χ3v) is 4.64. The number of hydrogen-bond donors (Lipinski definition) is 1. The summed E-state index contributed by atoms with van der Waals surface area (Å²) >= 11 is 0. The van der Waals surface area contributed by atoms with Gasteiger partial charge in [-0.3, -0.25) is 4.79 Å². The molecule has 0 saturated carbocycles. The van der Waals surface area contributed by atoms with E-state index in [2.05, 4.69) is 10.2 Å². The largest absolute Gasteiger partial charge is 0.451 e. The molecule has 0 unspecified atom stereocenters. The Balaban J connectivity index is 1.48. The zero-order valence-corrected chi connectivity index (χ0v) is 14.5. The first-order chi connectivity index (χ1) is 13.1. The number of carbonyl (C=O) groups is 1. The maximum absolute atomic E-state index is 13.9. The Labute approximate surface area is 155 Å². The van der Waals surface area contributed by atoms with E-state index in [0.717, 1.165) is 30.9 Å². The molecule has 0 spiro atoms. The average molecular weight is 368 g/mol. The van der Waals surface area contributed by atoms with E-state index in [9.17, 15) is 13.6 Å². The van der Waals surface area contributed by atoms with E-state index >= 15 is 0 Å². The lowest BCUT2D eigenvalue weighted by Crippen LogP contribution is -2.17. The quantitative estimate of drug-likeness (QED) is 0.699. The van der Waals surface area contributed by atoms with Crippen LogP contribution in [0.2, 0.25) is 0 Å². The summed E-state index contributed by atoms with van der Waals surface area (Å²) in [5.74, 6) is -2.01. The Morgan fingerprint density at radius 3 is 2.26 bits per heavy atom. The molecule has 6 heteroatoms. The van der Waals surface area contributed by atoms with E-state index in [1.807, 2.05) is 24.3 Å². The molecule has 0 atom stereocenters. The highest BCUT2D eigenvalue weighted by Crippen LogP contribution is 2.28. The highest BCUT2D eigenvalue weighted by atomic mass is 19.1. The smallest absolute Gasteiger partial charge is 0.291 e. The molecule has 0 aliphatic carbocycles. The third kappa shape index (κ3) is 3.56. The van der Waals surface area contributed by atoms with Crippen LogP contribution in [0.4, 0.5) is 20.2 Å². The van der Waals surface area contributed by atoms with Crippen molar-refractivity contribution < 1.29 is 18.0 Å². The fraction of sp³-hybridized carbons (Fsp3) is 0.190. The van der Waals surface area contributed by atoms with Crippen LogP contribution in [0.15, 0.2) is 59.0 Å². The topological polar surface area (TPSA) is 45.5 Å². The van der Waals surface area contributed by atoms with Gasteiger partial charge in [0.2, 0.25) is 0 Å². The van der Waals surface area contributed by atoms with E-state index in [4.69, 9.17) is 4.42 Å². The van der Waals surface area contributed by atoms with Gasteiger partial charge in [-0.2, -0.15) is 0 Å². The van der Waals surface area contributed by atoms with Crippen molar-refractivity contribution in [2.45, 2.75) is 12.8 Å². The van der Waals surface area contributed by atoms with Crippen LogP contribution < -0.4 is 10.2 Å². The van der Waals surface area contributed by atoms with E-state index in [0.29, 0.717) is 5.69 Å². The van der Waals surface area contributed by atoms with Gasteiger partial charge in [0.1, 0.15) is 17.4 Å². The fourth-order valence-electron chi connectivity index (χ4n) is 3.25. The van der Waals surface area contributed by atoms with Gasteiger partial charge in [0.05, 0.1) is 5.56 Å². The lowest BCUT2D eigenvalue weighted by molar-refractivity contribution is 0.0997. The van der Waals surface area contributed by atoms with Gasteiger partial charge in [-0.25, -0.2) is 8.78 Å². The molecule has 0 radical (unpaired) electrons. The van der Waals surface area contributed by atoms with Crippen LogP contribution in [0, 0.1) is 11.6 Å². The van der Waals surface area contributed by atoms with Gasteiger partial charge in [-0.15, -0.1) is 0 Å². The van der Waals surface area contributed by atoms with Crippen molar-refractivity contribution in [1.82, 2.24) is 0 Å². The molecule has 2 heterocycles. The molecule has 1 saturated heterocycles. The number of carbonyl (C=O) groups excluding carboxylic acids is 1. The van der Waals surface area contributed by atoms with Crippen molar-refractivity contribution in [2.75, 3.05) is 23.3 Å². The molecule has 1 aliphatic heterocycles. The number of rotatable bonds is 4. The number of nitrogens with one attached hydrogen (secondary N) is 1. The third-order valence-electron chi connectivity index (χ3n) is 4.64. The minimum absolute atomic E-state index is 0.0173. The number of benzene rings is 2. The summed E-state index contributed by atoms with van der Waals surface area (Å²) in [6.45, 7) is 2.10. The Hall–Kier alpha value is -3.15. The SMILES string of the molecule is O=C(Nc1ccc(N2CCCC2)cc1)c1ccc(-c2c(F)cccc2F)o1. The van der Waals surface area contributed by atoms with Crippen LogP contribution >= 0.6 is 0 Å². The molecule has 1 N–H and O–H groups in total. The van der Waals surface area contributed by atoms with E-state index < -0.39 is 17.5 Å². The number of halogens is 2. The Kier molecular flexibility index (Phi) is 4.62. The van der Waals surface area contributed by atoms with E-state index in [-0.39, 0.29) is 17.1 Å². The van der Waals surface area contributed by atoms with Crippen LogP contribution in [0.1, 0.15) is 23.4 Å². The zero-order valence-electron chi connectivity index (χ0n) is 14.5. The molecule has 1 aromatic heterocycles. The first kappa shape index (κ1) is 17.3. The van der Waals surface area contributed by atoms with Crippen LogP contribution in [0.25, 0.3) is 11.3 Å². The summed E-state index contributed by atoms with van der Waals surface area (Å²) < 4.78 is 33.1. The van der Waals surface area contributed by atoms with Crippen molar-refractivity contribution in [3.05, 3.63) is 72.0 Å². The van der Waals surface area contributed by atoms with Crippen molar-refractivity contribution >= 4 is 17.3 Å². The summed E-state index contributed by atoms with van der Waals surface area (Å²) in [6.07, 6.45) is 2.39. The first-order valence-corrected chi connectivity index (χ1v) is 8.82. The molecule has 3 aromatic rings. The molecule has 138 valence electrons. The van der Waals surface area contributed by atoms with Gasteiger partial charge in [0, 0.05) is 24.5 Å². The van der Waals surface area contributed by atoms with E-state index in [1.165, 1.54) is 31.0 Å². The first-order valence-electron chi connectivity index (χ1n) is 8.82. The van der Waals surface area contributed by atoms with Gasteiger partial charge in [0.15, 0.2) is 5.76 Å². The molecule has 4 nitrogen and oxygen atoms in total. The molecule has 4 rings (SSSR count). The maximum Gasteiger partial charge on any atom is 0.291 e. The highest BCUT2D eigenvalue weighted by molar-refractivity contribution is 6.02. The lowest BCUT2D eigenvalue weighted by Gasteiger charge is -2.17. The maximum atomic E-state index is 13.9. The molecular formula is C21H18F2N2O2. The lowest BCUT2D eigenvalue weighted by atomic mass is 10.1. The van der Waals surface area contributed by atoms with Gasteiger partial charge in [-0.1, -0.05) is 6.07 Å². The minimum Gasteiger partial charge on any atom is -0.451 e. The number of anilines is 2. The van der Waals surface area contributed by atoms with Crippen molar-refractivity contribution in [2.24, 2.45) is 0 Å². The molecule has 1 amide bonds. The van der Waals surface area contributed by atoms with Gasteiger partial charge in [0.25, 0.3) is 5.91 Å². The summed E-state index contributed by atoms with van der Waals surface area (Å²) in [4.78, 5) is 14.7. The number of furan rings is 1. The molecule has 2 aromatic carbocycles. The second-order valence-electron chi connectivity index (χ2n) is 6.46. The predicted octanol–water partition coefficient (Wildman–Crippen LogP) is 5.08. The summed E-state index contributed by atoms with van der Waals surface area (Å²) in [7, 11) is 0. The second kappa shape index (κ2) is 7.23. The summed E-state index contributed by atoms with van der Waals surface area (Å²) in [5, 5.41) is 2.73. The molecule has 1 aliphatic rings. The number of nitrogens with zero attached hydrogens (tertiary/aromatic N) is 1. The fourth-order valence-corrected chi connectivity index (χ4v) is 3.25. The molecule has 0 bridgehead atoms. The number of amides is 1. The number of hydrogen-bond acceptors (Lipinski definition) is 3. The van der Waals surface area contributed by atoms with Crippen LogP contribution in [0.5, 0.6) is 0 Å². The second-order valence-corrected chi connectivity index (χ2v) is 6.46. The predicted molar refractivity (Wildman–Crippen MR) is 99.9 cm³/mol. The zero-order chi connectivity index (χ0) is 18.8. The van der Waals surface area contributed by atoms with Crippen LogP contribution in [-0.4, -0.2) is 19.0 Å². The summed E-state index contributed by atoms with van der Waals surface area (Å²) in [6, 6.07) is 13.9. The molecular weight excluding hydrogens is 350 g/mol. The minimum atomic E-state index is -0.742. The van der Waals surface area contributed by atoms with Crippen molar-refractivity contribution in [3.8, 4) is 11.3 Å². The Morgan fingerprint density at radius 2 is 1.59 bits per heavy atom. The average Bonchev–Trinajstić information content (AvgIpc) is 3.35. The van der Waals surface area contributed by atoms with Gasteiger partial charge in [-0.05, 0) is 61.4 Å². The van der Waals surface area contributed by atoms with Crippen molar-refractivity contribution in [3.63, 3.8) is 0 Å². The van der Waals surface area contributed by atoms with Gasteiger partial charge >= 0.3 is 0 Å². The Morgan fingerprint density at radius 1 is 0.926 bits per heavy atom.